The lowest BCUT2D eigenvalue weighted by atomic mass is 9.97. The minimum absolute atomic E-state index is 0.758. The molecule has 1 saturated carbocycles. The molecule has 0 amide bonds. The third-order valence-corrected chi connectivity index (χ3v) is 4.12. The van der Waals surface area contributed by atoms with Crippen molar-refractivity contribution in [1.29, 1.82) is 0 Å². The van der Waals surface area contributed by atoms with Gasteiger partial charge in [-0.05, 0) is 38.0 Å². The maximum Gasteiger partial charge on any atom is 0.00697 e. The lowest BCUT2D eigenvalue weighted by molar-refractivity contribution is 0.371. The van der Waals surface area contributed by atoms with Crippen LogP contribution in [0.2, 0.25) is 0 Å². The molecule has 0 aromatic carbocycles. The molecule has 1 rings (SSSR count). The second-order valence-electron chi connectivity index (χ2n) is 5.16. The summed E-state index contributed by atoms with van der Waals surface area (Å²) in [6.45, 7) is 6.94. The number of rotatable bonds is 5. The van der Waals surface area contributed by atoms with Crippen LogP contribution in [0.5, 0.6) is 0 Å². The van der Waals surface area contributed by atoms with Gasteiger partial charge in [-0.1, -0.05) is 40.0 Å². The molecular weight excluding hydrogens is 182 g/mol. The van der Waals surface area contributed by atoms with Crippen LogP contribution in [0.15, 0.2) is 0 Å². The maximum absolute atomic E-state index is 3.84. The van der Waals surface area contributed by atoms with Crippen LogP contribution in [0.1, 0.15) is 72.1 Å². The number of hydrogen-bond acceptors (Lipinski definition) is 1. The van der Waals surface area contributed by atoms with Gasteiger partial charge < -0.3 is 5.32 Å². The normalized spacial score (nSPS) is 28.0. The van der Waals surface area contributed by atoms with Gasteiger partial charge in [0.15, 0.2) is 0 Å². The number of hydrogen-bond donors (Lipinski definition) is 1. The van der Waals surface area contributed by atoms with Gasteiger partial charge in [0.1, 0.15) is 0 Å². The molecule has 1 fully saturated rings. The van der Waals surface area contributed by atoms with E-state index in [1.807, 2.05) is 0 Å². The van der Waals surface area contributed by atoms with E-state index in [2.05, 4.69) is 26.1 Å². The van der Waals surface area contributed by atoms with Crippen LogP contribution in [0.4, 0.5) is 0 Å². The summed E-state index contributed by atoms with van der Waals surface area (Å²) in [5, 5.41) is 3.84. The van der Waals surface area contributed by atoms with Gasteiger partial charge in [-0.2, -0.15) is 0 Å². The van der Waals surface area contributed by atoms with Gasteiger partial charge in [-0.15, -0.1) is 0 Å². The summed E-state index contributed by atoms with van der Waals surface area (Å²) in [6, 6.07) is 1.57. The Balaban J connectivity index is 2.30. The van der Waals surface area contributed by atoms with Crippen molar-refractivity contribution in [3.8, 4) is 0 Å². The predicted octanol–water partition coefficient (Wildman–Crippen LogP) is 4.12. The van der Waals surface area contributed by atoms with E-state index in [-0.39, 0.29) is 0 Å². The second kappa shape index (κ2) is 7.27. The summed E-state index contributed by atoms with van der Waals surface area (Å²) in [5.74, 6) is 1.01. The Labute approximate surface area is 96.0 Å². The summed E-state index contributed by atoms with van der Waals surface area (Å²) < 4.78 is 0. The largest absolute Gasteiger partial charge is 0.311 e. The van der Waals surface area contributed by atoms with E-state index in [4.69, 9.17) is 0 Å². The highest BCUT2D eigenvalue weighted by Crippen LogP contribution is 2.25. The van der Waals surface area contributed by atoms with Crippen LogP contribution in [0.25, 0.3) is 0 Å². The van der Waals surface area contributed by atoms with Gasteiger partial charge in [0.05, 0.1) is 0 Å². The quantitative estimate of drug-likeness (QED) is 0.674. The highest BCUT2D eigenvalue weighted by molar-refractivity contribution is 4.77. The zero-order valence-electron chi connectivity index (χ0n) is 10.9. The van der Waals surface area contributed by atoms with Crippen molar-refractivity contribution >= 4 is 0 Å². The fourth-order valence-electron chi connectivity index (χ4n) is 2.81. The van der Waals surface area contributed by atoms with Crippen molar-refractivity contribution in [2.45, 2.75) is 84.2 Å². The average Bonchev–Trinajstić information content (AvgIpc) is 2.50. The highest BCUT2D eigenvalue weighted by Gasteiger charge is 2.18. The molecule has 0 radical (unpaired) electrons. The van der Waals surface area contributed by atoms with Crippen LogP contribution in [0, 0.1) is 5.92 Å². The lowest BCUT2D eigenvalue weighted by Gasteiger charge is -2.23. The van der Waals surface area contributed by atoms with Crippen LogP contribution in [-0.2, 0) is 0 Å². The van der Waals surface area contributed by atoms with E-state index in [0.29, 0.717) is 0 Å². The smallest absolute Gasteiger partial charge is 0.00697 e. The molecule has 0 spiro atoms. The highest BCUT2D eigenvalue weighted by atomic mass is 14.9. The molecule has 0 saturated heterocycles. The first-order chi connectivity index (χ1) is 7.30. The molecule has 1 nitrogen and oxygen atoms in total. The minimum Gasteiger partial charge on any atom is -0.311 e. The molecule has 1 aliphatic carbocycles. The Morgan fingerprint density at radius 3 is 2.33 bits per heavy atom. The molecule has 2 unspecified atom stereocenters. The van der Waals surface area contributed by atoms with Gasteiger partial charge in [0.2, 0.25) is 0 Å². The maximum atomic E-state index is 3.84. The Morgan fingerprint density at radius 1 is 1.00 bits per heavy atom. The van der Waals surface area contributed by atoms with Gasteiger partial charge >= 0.3 is 0 Å². The first-order valence-corrected chi connectivity index (χ1v) is 7.06. The molecule has 15 heavy (non-hydrogen) atoms. The fourth-order valence-corrected chi connectivity index (χ4v) is 2.81. The van der Waals surface area contributed by atoms with E-state index >= 15 is 0 Å². The van der Waals surface area contributed by atoms with Crippen molar-refractivity contribution in [3.05, 3.63) is 0 Å². The standard InChI is InChI=1S/C14H29N/c1-4-12-8-7-9-14(11-10-12)15-13(5-2)6-3/h12-15H,4-11H2,1-3H3. The SMILES string of the molecule is CCC1CCCC(NC(CC)CC)CC1. The molecule has 2 atom stereocenters. The van der Waals surface area contributed by atoms with Gasteiger partial charge in [0, 0.05) is 12.1 Å². The first kappa shape index (κ1) is 13.0. The molecule has 0 aromatic rings. The van der Waals surface area contributed by atoms with Crippen LogP contribution < -0.4 is 5.32 Å². The monoisotopic (exact) mass is 211 g/mol. The Kier molecular flexibility index (Phi) is 6.31. The molecule has 90 valence electrons. The third kappa shape index (κ3) is 4.55. The fraction of sp³-hybridized carbons (Fsp3) is 1.00. The minimum atomic E-state index is 0.758. The zero-order chi connectivity index (χ0) is 11.1. The van der Waals surface area contributed by atoms with Crippen molar-refractivity contribution in [2.75, 3.05) is 0 Å². The topological polar surface area (TPSA) is 12.0 Å². The van der Waals surface area contributed by atoms with Gasteiger partial charge in [-0.25, -0.2) is 0 Å². The van der Waals surface area contributed by atoms with Crippen LogP contribution in [-0.4, -0.2) is 12.1 Å². The van der Waals surface area contributed by atoms with Crippen LogP contribution >= 0.6 is 0 Å². The van der Waals surface area contributed by atoms with Crippen molar-refractivity contribution in [2.24, 2.45) is 5.92 Å². The van der Waals surface area contributed by atoms with Crippen LogP contribution in [0.3, 0.4) is 0 Å². The predicted molar refractivity (Wildman–Crippen MR) is 68.2 cm³/mol. The number of nitrogens with one attached hydrogen (secondary N) is 1. The molecule has 0 aromatic heterocycles. The van der Waals surface area contributed by atoms with E-state index in [1.54, 1.807) is 0 Å². The van der Waals surface area contributed by atoms with E-state index < -0.39 is 0 Å². The van der Waals surface area contributed by atoms with E-state index in [0.717, 1.165) is 18.0 Å². The molecule has 1 N–H and O–H groups in total. The summed E-state index contributed by atoms with van der Waals surface area (Å²) in [5.41, 5.74) is 0. The third-order valence-electron chi connectivity index (χ3n) is 4.12. The Morgan fingerprint density at radius 2 is 1.73 bits per heavy atom. The molecular formula is C14H29N. The molecule has 0 heterocycles. The van der Waals surface area contributed by atoms with E-state index in [9.17, 15) is 0 Å². The summed E-state index contributed by atoms with van der Waals surface area (Å²) in [4.78, 5) is 0. The first-order valence-electron chi connectivity index (χ1n) is 7.06. The van der Waals surface area contributed by atoms with Gasteiger partial charge in [-0.3, -0.25) is 0 Å². The zero-order valence-corrected chi connectivity index (χ0v) is 10.9. The summed E-state index contributed by atoms with van der Waals surface area (Å²) >= 11 is 0. The molecule has 1 aliphatic rings. The Hall–Kier alpha value is -0.0400. The van der Waals surface area contributed by atoms with E-state index in [1.165, 1.54) is 51.4 Å². The molecule has 0 bridgehead atoms. The van der Waals surface area contributed by atoms with Crippen molar-refractivity contribution in [1.82, 2.24) is 5.32 Å². The second-order valence-corrected chi connectivity index (χ2v) is 5.16. The average molecular weight is 211 g/mol. The van der Waals surface area contributed by atoms with Gasteiger partial charge in [0.25, 0.3) is 0 Å². The summed E-state index contributed by atoms with van der Waals surface area (Å²) in [7, 11) is 0. The lowest BCUT2D eigenvalue weighted by Crippen LogP contribution is -2.37. The Bertz CT molecular complexity index is 151. The van der Waals surface area contributed by atoms with Crippen molar-refractivity contribution in [3.63, 3.8) is 0 Å². The molecule has 0 aliphatic heterocycles. The molecule has 1 heteroatoms. The summed E-state index contributed by atoms with van der Waals surface area (Å²) in [6.07, 6.45) is 11.1. The van der Waals surface area contributed by atoms with Crippen molar-refractivity contribution < 1.29 is 0 Å².